The van der Waals surface area contributed by atoms with Crippen molar-refractivity contribution >= 4 is 17.4 Å². The summed E-state index contributed by atoms with van der Waals surface area (Å²) in [6.07, 6.45) is 5.45. The first-order valence-electron chi connectivity index (χ1n) is 4.33. The Balaban J connectivity index is 2.79. The van der Waals surface area contributed by atoms with Gasteiger partial charge in [0.15, 0.2) is 0 Å². The number of hydrogen-bond acceptors (Lipinski definition) is 4. The Labute approximate surface area is 88.8 Å². The first-order chi connectivity index (χ1) is 6.79. The van der Waals surface area contributed by atoms with Crippen LogP contribution in [0.1, 0.15) is 5.56 Å². The van der Waals surface area contributed by atoms with Crippen LogP contribution in [0.25, 0.3) is 0 Å². The van der Waals surface area contributed by atoms with E-state index in [1.54, 1.807) is 30.2 Å². The van der Waals surface area contributed by atoms with Crippen molar-refractivity contribution in [2.45, 2.75) is 0 Å². The summed E-state index contributed by atoms with van der Waals surface area (Å²) in [5.74, 6) is 1.05. The molecule has 74 valence electrons. The molecular formula is C10H13N3S. The lowest BCUT2D eigenvalue weighted by Gasteiger charge is -2.18. The molecule has 0 saturated carbocycles. The zero-order valence-electron chi connectivity index (χ0n) is 8.40. The monoisotopic (exact) mass is 207 g/mol. The van der Waals surface area contributed by atoms with Gasteiger partial charge in [-0.2, -0.15) is 17.0 Å². The summed E-state index contributed by atoms with van der Waals surface area (Å²) in [7, 11) is 1.98. The molecule has 0 amide bonds. The second-order valence-electron chi connectivity index (χ2n) is 2.92. The van der Waals surface area contributed by atoms with Gasteiger partial charge in [0.25, 0.3) is 0 Å². The molecule has 0 N–H and O–H groups in total. The molecule has 3 nitrogen and oxygen atoms in total. The normalized spacial score (nSPS) is 9.50. The fraction of sp³-hybridized carbons (Fsp3) is 0.400. The molecule has 1 heterocycles. The second-order valence-corrected chi connectivity index (χ2v) is 3.90. The average Bonchev–Trinajstić information content (AvgIpc) is 2.25. The standard InChI is InChI=1S/C10H13N3S/c1-13(5-6-14-2)10-8-12-4-3-9(10)7-11/h3-4,8H,5-6H2,1-2H3. The van der Waals surface area contributed by atoms with E-state index in [1.165, 1.54) is 0 Å². The maximum absolute atomic E-state index is 8.88. The number of anilines is 1. The maximum Gasteiger partial charge on any atom is 0.101 e. The maximum atomic E-state index is 8.88. The number of thioether (sulfide) groups is 1. The lowest BCUT2D eigenvalue weighted by Crippen LogP contribution is -2.21. The molecule has 0 bridgehead atoms. The van der Waals surface area contributed by atoms with Crippen molar-refractivity contribution in [2.24, 2.45) is 0 Å². The lowest BCUT2D eigenvalue weighted by molar-refractivity contribution is 0.968. The summed E-state index contributed by atoms with van der Waals surface area (Å²) in [5.41, 5.74) is 1.59. The van der Waals surface area contributed by atoms with E-state index in [9.17, 15) is 0 Å². The van der Waals surface area contributed by atoms with E-state index in [0.717, 1.165) is 18.0 Å². The number of aromatic nitrogens is 1. The molecule has 0 spiro atoms. The molecule has 14 heavy (non-hydrogen) atoms. The Bertz CT molecular complexity index is 332. The molecule has 0 aliphatic rings. The van der Waals surface area contributed by atoms with Gasteiger partial charge in [-0.15, -0.1) is 0 Å². The molecule has 0 unspecified atom stereocenters. The van der Waals surface area contributed by atoms with E-state index >= 15 is 0 Å². The summed E-state index contributed by atoms with van der Waals surface area (Å²) in [6.45, 7) is 0.932. The molecular weight excluding hydrogens is 194 g/mol. The third-order valence-electron chi connectivity index (χ3n) is 1.96. The molecule has 4 heteroatoms. The molecule has 0 saturated heterocycles. The van der Waals surface area contributed by atoms with Gasteiger partial charge in [-0.25, -0.2) is 0 Å². The largest absolute Gasteiger partial charge is 0.371 e. The fourth-order valence-electron chi connectivity index (χ4n) is 1.13. The Hall–Kier alpha value is -1.21. The number of nitrogens with zero attached hydrogens (tertiary/aromatic N) is 3. The van der Waals surface area contributed by atoms with Crippen LogP contribution >= 0.6 is 11.8 Å². The SMILES string of the molecule is CSCCN(C)c1cnccc1C#N. The first-order valence-corrected chi connectivity index (χ1v) is 5.73. The molecule has 1 aromatic rings. The van der Waals surface area contributed by atoms with Gasteiger partial charge in [0.1, 0.15) is 6.07 Å². The topological polar surface area (TPSA) is 39.9 Å². The minimum atomic E-state index is 0.684. The van der Waals surface area contributed by atoms with Crippen LogP contribution in [0.5, 0.6) is 0 Å². The van der Waals surface area contributed by atoms with Crippen molar-refractivity contribution in [3.8, 4) is 6.07 Å². The van der Waals surface area contributed by atoms with E-state index in [1.807, 2.05) is 7.05 Å². The summed E-state index contributed by atoms with van der Waals surface area (Å²) >= 11 is 1.79. The van der Waals surface area contributed by atoms with Gasteiger partial charge in [-0.1, -0.05) is 0 Å². The van der Waals surface area contributed by atoms with Crippen molar-refractivity contribution in [1.82, 2.24) is 4.98 Å². The third kappa shape index (κ3) is 2.64. The van der Waals surface area contributed by atoms with Crippen molar-refractivity contribution in [3.63, 3.8) is 0 Å². The third-order valence-corrected chi connectivity index (χ3v) is 2.55. The molecule has 0 aromatic carbocycles. The van der Waals surface area contributed by atoms with Crippen LogP contribution in [0.4, 0.5) is 5.69 Å². The zero-order chi connectivity index (χ0) is 10.4. The Morgan fingerprint density at radius 1 is 1.64 bits per heavy atom. The van der Waals surface area contributed by atoms with Crippen LogP contribution in [0.2, 0.25) is 0 Å². The summed E-state index contributed by atoms with van der Waals surface area (Å²) in [5, 5.41) is 8.88. The van der Waals surface area contributed by atoms with E-state index in [2.05, 4.69) is 22.2 Å². The lowest BCUT2D eigenvalue weighted by atomic mass is 10.2. The highest BCUT2D eigenvalue weighted by molar-refractivity contribution is 7.98. The van der Waals surface area contributed by atoms with E-state index < -0.39 is 0 Å². The highest BCUT2D eigenvalue weighted by atomic mass is 32.2. The quantitative estimate of drug-likeness (QED) is 0.754. The molecule has 1 aromatic heterocycles. The van der Waals surface area contributed by atoms with Crippen molar-refractivity contribution in [1.29, 1.82) is 5.26 Å². The summed E-state index contributed by atoms with van der Waals surface area (Å²) in [4.78, 5) is 6.08. The molecule has 0 fully saturated rings. The van der Waals surface area contributed by atoms with Gasteiger partial charge in [-0.05, 0) is 12.3 Å². The van der Waals surface area contributed by atoms with Crippen LogP contribution in [0, 0.1) is 11.3 Å². The van der Waals surface area contributed by atoms with Crippen molar-refractivity contribution in [3.05, 3.63) is 24.0 Å². The average molecular weight is 207 g/mol. The molecule has 0 atom stereocenters. The number of pyridine rings is 1. The van der Waals surface area contributed by atoms with Crippen molar-refractivity contribution in [2.75, 3.05) is 30.5 Å². The molecule has 0 radical (unpaired) electrons. The highest BCUT2D eigenvalue weighted by Gasteiger charge is 2.05. The van der Waals surface area contributed by atoms with Gasteiger partial charge in [0, 0.05) is 25.5 Å². The first kappa shape index (κ1) is 10.9. The minimum Gasteiger partial charge on any atom is -0.371 e. The Kier molecular flexibility index (Phi) is 4.27. The predicted octanol–water partition coefficient (Wildman–Crippen LogP) is 1.75. The summed E-state index contributed by atoms with van der Waals surface area (Å²) < 4.78 is 0. The number of rotatable bonds is 4. The van der Waals surface area contributed by atoms with Crippen LogP contribution in [0.3, 0.4) is 0 Å². The van der Waals surface area contributed by atoms with Gasteiger partial charge in [0.2, 0.25) is 0 Å². The highest BCUT2D eigenvalue weighted by Crippen LogP contribution is 2.16. The Morgan fingerprint density at radius 2 is 2.43 bits per heavy atom. The van der Waals surface area contributed by atoms with Crippen molar-refractivity contribution < 1.29 is 0 Å². The fourth-order valence-corrected chi connectivity index (χ4v) is 1.59. The van der Waals surface area contributed by atoms with Crippen LogP contribution in [0.15, 0.2) is 18.5 Å². The minimum absolute atomic E-state index is 0.684. The van der Waals surface area contributed by atoms with Crippen LogP contribution in [-0.2, 0) is 0 Å². The second kappa shape index (κ2) is 5.51. The predicted molar refractivity (Wildman–Crippen MR) is 60.6 cm³/mol. The Morgan fingerprint density at radius 3 is 3.07 bits per heavy atom. The van der Waals surface area contributed by atoms with Gasteiger partial charge < -0.3 is 4.90 Å². The molecule has 0 aliphatic carbocycles. The van der Waals surface area contributed by atoms with E-state index in [4.69, 9.17) is 5.26 Å². The van der Waals surface area contributed by atoms with Gasteiger partial charge >= 0.3 is 0 Å². The van der Waals surface area contributed by atoms with Crippen LogP contribution in [-0.4, -0.2) is 30.6 Å². The summed E-state index contributed by atoms with van der Waals surface area (Å²) in [6, 6.07) is 3.91. The van der Waals surface area contributed by atoms with Gasteiger partial charge in [-0.3, -0.25) is 4.98 Å². The smallest absolute Gasteiger partial charge is 0.101 e. The number of nitriles is 1. The van der Waals surface area contributed by atoms with E-state index in [0.29, 0.717) is 5.56 Å². The molecule has 0 aliphatic heterocycles. The van der Waals surface area contributed by atoms with Gasteiger partial charge in [0.05, 0.1) is 17.4 Å². The van der Waals surface area contributed by atoms with Crippen LogP contribution < -0.4 is 4.90 Å². The number of hydrogen-bond donors (Lipinski definition) is 0. The molecule has 1 rings (SSSR count). The zero-order valence-corrected chi connectivity index (χ0v) is 9.21. The van der Waals surface area contributed by atoms with E-state index in [-0.39, 0.29) is 0 Å².